The predicted octanol–water partition coefficient (Wildman–Crippen LogP) is 5.03. The van der Waals surface area contributed by atoms with E-state index in [9.17, 15) is 19.5 Å². The fourth-order valence-electron chi connectivity index (χ4n) is 4.92. The maximum Gasteiger partial charge on any atom is 0.301 e. The summed E-state index contributed by atoms with van der Waals surface area (Å²) in [4.78, 5) is 50.1. The second-order valence-corrected chi connectivity index (χ2v) is 10.2. The van der Waals surface area contributed by atoms with Gasteiger partial charge in [0.2, 0.25) is 0 Å². The van der Waals surface area contributed by atoms with E-state index in [0.29, 0.717) is 57.9 Å². The third kappa shape index (κ3) is 4.41. The van der Waals surface area contributed by atoms with Crippen molar-refractivity contribution in [3.8, 4) is 11.5 Å². The number of aromatic nitrogens is 3. The van der Waals surface area contributed by atoms with Crippen LogP contribution in [0.1, 0.15) is 59.1 Å². The average Bonchev–Trinajstić information content (AvgIpc) is 3.55. The number of hydrogen-bond acceptors (Lipinski definition) is 9. The fraction of sp³-hybridized carbons (Fsp3) is 0.276. The van der Waals surface area contributed by atoms with Crippen LogP contribution in [-0.4, -0.2) is 50.2 Å². The Morgan fingerprint density at radius 2 is 1.75 bits per heavy atom. The zero-order valence-corrected chi connectivity index (χ0v) is 23.5. The molecule has 1 saturated heterocycles. The number of ketones is 2. The number of ether oxygens (including phenoxy) is 2. The molecule has 206 valence electrons. The number of hydrogen-bond donors (Lipinski definition) is 1. The summed E-state index contributed by atoms with van der Waals surface area (Å²) in [7, 11) is 0. The van der Waals surface area contributed by atoms with Crippen molar-refractivity contribution in [1.82, 2.24) is 14.4 Å². The van der Waals surface area contributed by atoms with Gasteiger partial charge in [-0.15, -0.1) is 0 Å². The first kappa shape index (κ1) is 27.1. The van der Waals surface area contributed by atoms with Crippen LogP contribution in [0.3, 0.4) is 0 Å². The maximum absolute atomic E-state index is 13.7. The minimum Gasteiger partial charge on any atom is -0.505 e. The summed E-state index contributed by atoms with van der Waals surface area (Å²) >= 11 is 1.03. The summed E-state index contributed by atoms with van der Waals surface area (Å²) in [6, 6.07) is 9.44. The summed E-state index contributed by atoms with van der Waals surface area (Å²) in [6.07, 6.45) is 1.73. The normalized spacial score (nSPS) is 16.6. The van der Waals surface area contributed by atoms with Crippen LogP contribution in [-0.2, 0) is 9.59 Å². The summed E-state index contributed by atoms with van der Waals surface area (Å²) in [5.74, 6) is -1.38. The highest BCUT2D eigenvalue weighted by Crippen LogP contribution is 2.45. The Hall–Kier alpha value is -4.51. The van der Waals surface area contributed by atoms with Gasteiger partial charge in [0.05, 0.1) is 41.1 Å². The van der Waals surface area contributed by atoms with Crippen molar-refractivity contribution < 1.29 is 29.0 Å². The molecule has 0 spiro atoms. The minimum absolute atomic E-state index is 0.123. The fourth-order valence-corrected chi connectivity index (χ4v) is 5.91. The number of fused-ring (bicyclic) bond motifs is 1. The highest BCUT2D eigenvalue weighted by Gasteiger charge is 2.49. The van der Waals surface area contributed by atoms with Crippen LogP contribution in [0.15, 0.2) is 48.2 Å². The van der Waals surface area contributed by atoms with E-state index in [1.807, 2.05) is 19.9 Å². The van der Waals surface area contributed by atoms with Gasteiger partial charge >= 0.3 is 5.91 Å². The Labute approximate surface area is 234 Å². The number of imidazole rings is 1. The number of thiazole rings is 1. The minimum atomic E-state index is -1.06. The monoisotopic (exact) mass is 560 g/mol. The molecule has 0 radical (unpaired) electrons. The summed E-state index contributed by atoms with van der Waals surface area (Å²) in [6.45, 7) is 9.28. The molecule has 5 rings (SSSR count). The molecule has 4 aromatic rings. The Morgan fingerprint density at radius 1 is 1.02 bits per heavy atom. The number of Topliss-reactive ketones (excluding diaryl/α,β-unsaturated/α-hetero) is 2. The maximum atomic E-state index is 13.7. The Morgan fingerprint density at radius 3 is 2.42 bits per heavy atom. The first-order valence-corrected chi connectivity index (χ1v) is 13.6. The van der Waals surface area contributed by atoms with Crippen molar-refractivity contribution in [2.45, 2.75) is 40.7 Å². The number of aryl methyl sites for hydroxylation is 2. The molecule has 1 aliphatic heterocycles. The molecule has 1 amide bonds. The van der Waals surface area contributed by atoms with Crippen LogP contribution in [0, 0.1) is 13.8 Å². The molecule has 0 saturated carbocycles. The molecule has 1 aliphatic rings. The number of aliphatic hydroxyl groups is 1. The Balaban J connectivity index is 1.78. The molecular weight excluding hydrogens is 532 g/mol. The molecule has 11 heteroatoms. The molecule has 1 N–H and O–H groups in total. The molecule has 0 aliphatic carbocycles. The van der Waals surface area contributed by atoms with E-state index in [4.69, 9.17) is 9.47 Å². The average molecular weight is 561 g/mol. The third-order valence-electron chi connectivity index (χ3n) is 6.57. The van der Waals surface area contributed by atoms with Gasteiger partial charge in [-0.2, -0.15) is 0 Å². The van der Waals surface area contributed by atoms with Gasteiger partial charge in [-0.3, -0.25) is 23.7 Å². The van der Waals surface area contributed by atoms with Gasteiger partial charge in [-0.25, -0.2) is 9.97 Å². The molecule has 1 aromatic carbocycles. The Bertz CT molecular complexity index is 1700. The van der Waals surface area contributed by atoms with Gasteiger partial charge < -0.3 is 14.6 Å². The lowest BCUT2D eigenvalue weighted by atomic mass is 9.96. The highest BCUT2D eigenvalue weighted by atomic mass is 32.1. The molecule has 10 nitrogen and oxygen atoms in total. The van der Waals surface area contributed by atoms with E-state index in [1.165, 1.54) is 11.8 Å². The lowest BCUT2D eigenvalue weighted by Gasteiger charge is -2.24. The molecular formula is C29H28N4O6S. The number of anilines is 1. The highest BCUT2D eigenvalue weighted by molar-refractivity contribution is 7.18. The number of carbonyl (C=O) groups is 3. The van der Waals surface area contributed by atoms with Gasteiger partial charge in [0.15, 0.2) is 28.2 Å². The second-order valence-electron chi connectivity index (χ2n) is 9.18. The van der Waals surface area contributed by atoms with E-state index in [0.717, 1.165) is 11.3 Å². The van der Waals surface area contributed by atoms with E-state index in [-0.39, 0.29) is 22.2 Å². The molecule has 3 aromatic heterocycles. The van der Waals surface area contributed by atoms with Gasteiger partial charge in [0.1, 0.15) is 11.3 Å². The van der Waals surface area contributed by atoms with Gasteiger partial charge in [-0.1, -0.05) is 23.5 Å². The van der Waals surface area contributed by atoms with Crippen molar-refractivity contribution in [1.29, 1.82) is 0 Å². The molecule has 1 fully saturated rings. The molecule has 1 unspecified atom stereocenters. The van der Waals surface area contributed by atoms with Crippen LogP contribution in [0.5, 0.6) is 11.5 Å². The van der Waals surface area contributed by atoms with Crippen molar-refractivity contribution in [2.24, 2.45) is 0 Å². The van der Waals surface area contributed by atoms with Gasteiger partial charge in [-0.05, 0) is 57.5 Å². The molecule has 1 atom stereocenters. The summed E-state index contributed by atoms with van der Waals surface area (Å²) < 4.78 is 13.2. The van der Waals surface area contributed by atoms with Crippen LogP contribution < -0.4 is 14.4 Å². The molecule has 40 heavy (non-hydrogen) atoms. The van der Waals surface area contributed by atoms with Crippen LogP contribution in [0.25, 0.3) is 11.4 Å². The first-order chi connectivity index (χ1) is 19.2. The molecule has 0 bridgehead atoms. The lowest BCUT2D eigenvalue weighted by molar-refractivity contribution is -0.132. The summed E-state index contributed by atoms with van der Waals surface area (Å²) in [5.41, 5.74) is 2.19. The second kappa shape index (κ2) is 10.6. The number of nitrogens with zero attached hydrogens (tertiary/aromatic N) is 4. The van der Waals surface area contributed by atoms with Gasteiger partial charge in [0, 0.05) is 13.1 Å². The van der Waals surface area contributed by atoms with E-state index in [2.05, 4.69) is 9.97 Å². The van der Waals surface area contributed by atoms with Crippen LogP contribution >= 0.6 is 11.3 Å². The van der Waals surface area contributed by atoms with Gasteiger partial charge in [0.25, 0.3) is 5.78 Å². The molecule has 4 heterocycles. The van der Waals surface area contributed by atoms with Crippen molar-refractivity contribution in [3.05, 3.63) is 75.7 Å². The zero-order valence-electron chi connectivity index (χ0n) is 22.7. The van der Waals surface area contributed by atoms with E-state index in [1.54, 1.807) is 54.8 Å². The predicted molar refractivity (Wildman–Crippen MR) is 150 cm³/mol. The van der Waals surface area contributed by atoms with Crippen molar-refractivity contribution in [3.63, 3.8) is 0 Å². The zero-order chi connectivity index (χ0) is 28.7. The van der Waals surface area contributed by atoms with Crippen molar-refractivity contribution in [2.75, 3.05) is 18.1 Å². The lowest BCUT2D eigenvalue weighted by Crippen LogP contribution is -2.29. The van der Waals surface area contributed by atoms with Crippen molar-refractivity contribution >= 4 is 45.3 Å². The van der Waals surface area contributed by atoms with E-state index >= 15 is 0 Å². The van der Waals surface area contributed by atoms with Crippen LogP contribution in [0.2, 0.25) is 0 Å². The largest absolute Gasteiger partial charge is 0.505 e. The number of aliphatic hydroxyl groups excluding tert-OH is 1. The number of benzene rings is 1. The smallest absolute Gasteiger partial charge is 0.301 e. The standard InChI is InChI=1S/C29H28N4O6S/c1-6-38-19-12-11-18(14-20(19)39-7-2)24-22(25(35)23-15(3)30-21-10-8-9-13-32(21)23)26(36)28(37)33(24)29-31-16(4)27(40-29)17(5)34/h8-14,24,35H,6-7H2,1-5H3. The SMILES string of the molecule is CCOc1ccc(C2C(=C(O)c3c(C)nc4ccccn34)C(=O)C(=O)N2c2nc(C)c(C(C)=O)s2)cc1OCC. The number of pyridine rings is 1. The Kier molecular flexibility index (Phi) is 7.16. The van der Waals surface area contributed by atoms with E-state index < -0.39 is 17.7 Å². The quantitative estimate of drug-likeness (QED) is 0.138. The number of carbonyl (C=O) groups excluding carboxylic acids is 3. The number of amides is 1. The topological polar surface area (TPSA) is 123 Å². The summed E-state index contributed by atoms with van der Waals surface area (Å²) in [5, 5.41) is 11.9. The number of rotatable bonds is 8. The first-order valence-electron chi connectivity index (χ1n) is 12.8. The van der Waals surface area contributed by atoms with Crippen LogP contribution in [0.4, 0.5) is 5.13 Å². The third-order valence-corrected chi connectivity index (χ3v) is 7.82.